The van der Waals surface area contributed by atoms with Crippen LogP contribution in [0.2, 0.25) is 0 Å². The van der Waals surface area contributed by atoms with Crippen LogP contribution >= 0.6 is 0 Å². The molecule has 4 nitrogen and oxygen atoms in total. The second-order valence-corrected chi connectivity index (χ2v) is 5.03. The van der Waals surface area contributed by atoms with E-state index in [9.17, 15) is 9.59 Å². The lowest BCUT2D eigenvalue weighted by atomic mass is 10.1. The minimum Gasteiger partial charge on any atom is -0.343 e. The van der Waals surface area contributed by atoms with Gasteiger partial charge in [0.05, 0.1) is 0 Å². The molecule has 4 heteroatoms. The quantitative estimate of drug-likeness (QED) is 0.726. The third-order valence-electron chi connectivity index (χ3n) is 3.93. The van der Waals surface area contributed by atoms with Gasteiger partial charge in [-0.05, 0) is 25.7 Å². The fourth-order valence-corrected chi connectivity index (χ4v) is 2.88. The molecule has 1 atom stereocenters. The van der Waals surface area contributed by atoms with Crippen molar-refractivity contribution < 1.29 is 9.59 Å². The maximum absolute atomic E-state index is 11.7. The van der Waals surface area contributed by atoms with Crippen molar-refractivity contribution in [3.63, 3.8) is 0 Å². The van der Waals surface area contributed by atoms with Gasteiger partial charge in [-0.3, -0.25) is 9.59 Å². The molecule has 0 N–H and O–H groups in total. The highest BCUT2D eigenvalue weighted by molar-refractivity contribution is 5.79. The molecule has 0 aromatic carbocycles. The summed E-state index contributed by atoms with van der Waals surface area (Å²) in [6, 6.07) is 0.332. The maximum atomic E-state index is 11.7. The van der Waals surface area contributed by atoms with E-state index in [4.69, 9.17) is 0 Å². The summed E-state index contributed by atoms with van der Waals surface area (Å²) >= 11 is 0. The largest absolute Gasteiger partial charge is 0.343 e. The van der Waals surface area contributed by atoms with E-state index < -0.39 is 0 Å². The van der Waals surface area contributed by atoms with E-state index in [2.05, 4.69) is 6.92 Å². The molecule has 2 fully saturated rings. The fraction of sp³-hybridized carbons (Fsp3) is 0.846. The van der Waals surface area contributed by atoms with E-state index in [-0.39, 0.29) is 5.91 Å². The number of amides is 2. The van der Waals surface area contributed by atoms with Crippen molar-refractivity contribution in [2.24, 2.45) is 0 Å². The molecule has 2 amide bonds. The van der Waals surface area contributed by atoms with E-state index >= 15 is 0 Å². The average molecular weight is 238 g/mol. The van der Waals surface area contributed by atoms with Crippen molar-refractivity contribution in [2.45, 2.75) is 51.5 Å². The fourth-order valence-electron chi connectivity index (χ4n) is 2.88. The Labute approximate surface area is 103 Å². The molecule has 2 saturated heterocycles. The van der Waals surface area contributed by atoms with Crippen LogP contribution in [0.1, 0.15) is 45.4 Å². The molecular formula is C13H22N2O2. The predicted molar refractivity (Wildman–Crippen MR) is 65.5 cm³/mol. The second kappa shape index (κ2) is 5.52. The van der Waals surface area contributed by atoms with E-state index in [1.165, 1.54) is 0 Å². The van der Waals surface area contributed by atoms with Crippen molar-refractivity contribution in [1.29, 1.82) is 0 Å². The molecule has 2 aliphatic heterocycles. The number of carbonyl (C=O) groups excluding carboxylic acids is 2. The number of hydrogen-bond donors (Lipinski definition) is 0. The summed E-state index contributed by atoms with van der Waals surface area (Å²) in [7, 11) is 0. The Morgan fingerprint density at radius 2 is 1.82 bits per heavy atom. The van der Waals surface area contributed by atoms with Crippen molar-refractivity contribution in [3.8, 4) is 0 Å². The van der Waals surface area contributed by atoms with Crippen LogP contribution in [0.3, 0.4) is 0 Å². The first-order chi connectivity index (χ1) is 8.22. The molecule has 0 spiro atoms. The molecule has 2 heterocycles. The molecule has 96 valence electrons. The highest BCUT2D eigenvalue weighted by Gasteiger charge is 2.28. The third kappa shape index (κ3) is 2.79. The van der Waals surface area contributed by atoms with Crippen LogP contribution in [0.15, 0.2) is 0 Å². The lowest BCUT2D eigenvalue weighted by molar-refractivity contribution is -0.130. The summed E-state index contributed by atoms with van der Waals surface area (Å²) in [5, 5.41) is 0. The molecule has 0 aromatic heterocycles. The molecule has 2 aliphatic rings. The van der Waals surface area contributed by atoms with Crippen LogP contribution in [0.25, 0.3) is 0 Å². The van der Waals surface area contributed by atoms with Crippen molar-refractivity contribution >= 4 is 11.8 Å². The van der Waals surface area contributed by atoms with Gasteiger partial charge in [0, 0.05) is 38.5 Å². The van der Waals surface area contributed by atoms with E-state index in [1.807, 2.05) is 9.80 Å². The zero-order valence-corrected chi connectivity index (χ0v) is 10.7. The highest BCUT2D eigenvalue weighted by atomic mass is 16.2. The SMILES string of the molecule is CCC(CCN1CCCC1=O)N1CCCC1=O. The summed E-state index contributed by atoms with van der Waals surface area (Å²) in [4.78, 5) is 27.1. The Morgan fingerprint density at radius 1 is 1.12 bits per heavy atom. The molecule has 2 rings (SSSR count). The molecule has 17 heavy (non-hydrogen) atoms. The first kappa shape index (κ1) is 12.4. The van der Waals surface area contributed by atoms with Crippen molar-refractivity contribution in [2.75, 3.05) is 19.6 Å². The summed E-state index contributed by atoms with van der Waals surface area (Å²) in [6.45, 7) is 4.76. The Bertz CT molecular complexity index is 304. The molecule has 0 saturated carbocycles. The van der Waals surface area contributed by atoms with Crippen LogP contribution in [0.5, 0.6) is 0 Å². The lowest BCUT2D eigenvalue weighted by Gasteiger charge is -2.28. The van der Waals surface area contributed by atoms with Crippen LogP contribution in [-0.2, 0) is 9.59 Å². The van der Waals surface area contributed by atoms with E-state index in [0.717, 1.165) is 45.3 Å². The predicted octanol–water partition coefficient (Wildman–Crippen LogP) is 1.40. The lowest BCUT2D eigenvalue weighted by Crippen LogP contribution is -2.39. The Balaban J connectivity index is 1.83. The van der Waals surface area contributed by atoms with Gasteiger partial charge in [0.2, 0.25) is 11.8 Å². The smallest absolute Gasteiger partial charge is 0.222 e. The summed E-state index contributed by atoms with van der Waals surface area (Å²) < 4.78 is 0. The van der Waals surface area contributed by atoms with Crippen LogP contribution in [0, 0.1) is 0 Å². The van der Waals surface area contributed by atoms with Crippen LogP contribution < -0.4 is 0 Å². The molecule has 0 aliphatic carbocycles. The zero-order chi connectivity index (χ0) is 12.3. The highest BCUT2D eigenvalue weighted by Crippen LogP contribution is 2.19. The number of nitrogens with zero attached hydrogens (tertiary/aromatic N) is 2. The van der Waals surface area contributed by atoms with Gasteiger partial charge >= 0.3 is 0 Å². The number of carbonyl (C=O) groups is 2. The van der Waals surface area contributed by atoms with Gasteiger partial charge in [0.1, 0.15) is 0 Å². The van der Waals surface area contributed by atoms with Crippen molar-refractivity contribution in [1.82, 2.24) is 9.80 Å². The molecule has 0 bridgehead atoms. The maximum Gasteiger partial charge on any atom is 0.222 e. The minimum atomic E-state index is 0.285. The average Bonchev–Trinajstić information content (AvgIpc) is 2.90. The standard InChI is InChI=1S/C13H22N2O2/c1-2-11(15-9-4-6-13(15)17)7-10-14-8-3-5-12(14)16/h11H,2-10H2,1H3. The molecule has 1 unspecified atom stereocenters. The number of hydrogen-bond acceptors (Lipinski definition) is 2. The second-order valence-electron chi connectivity index (χ2n) is 5.03. The number of rotatable bonds is 5. The molecule has 0 radical (unpaired) electrons. The Kier molecular flexibility index (Phi) is 4.02. The molecular weight excluding hydrogens is 216 g/mol. The monoisotopic (exact) mass is 238 g/mol. The van der Waals surface area contributed by atoms with Gasteiger partial charge in [-0.2, -0.15) is 0 Å². The Hall–Kier alpha value is -1.06. The van der Waals surface area contributed by atoms with Gasteiger partial charge in [-0.25, -0.2) is 0 Å². The van der Waals surface area contributed by atoms with Gasteiger partial charge in [-0.1, -0.05) is 6.92 Å². The van der Waals surface area contributed by atoms with E-state index in [0.29, 0.717) is 24.8 Å². The minimum absolute atomic E-state index is 0.285. The Morgan fingerprint density at radius 3 is 2.35 bits per heavy atom. The van der Waals surface area contributed by atoms with Gasteiger partial charge < -0.3 is 9.80 Å². The molecule has 0 aromatic rings. The normalized spacial score (nSPS) is 22.6. The summed E-state index contributed by atoms with van der Waals surface area (Å²) in [5.41, 5.74) is 0. The van der Waals surface area contributed by atoms with Crippen LogP contribution in [0.4, 0.5) is 0 Å². The van der Waals surface area contributed by atoms with Gasteiger partial charge in [0.15, 0.2) is 0 Å². The van der Waals surface area contributed by atoms with Crippen molar-refractivity contribution in [3.05, 3.63) is 0 Å². The first-order valence-corrected chi connectivity index (χ1v) is 6.79. The topological polar surface area (TPSA) is 40.6 Å². The first-order valence-electron chi connectivity index (χ1n) is 6.79. The number of likely N-dealkylation sites (tertiary alicyclic amines) is 2. The summed E-state index contributed by atoms with van der Waals surface area (Å²) in [5.74, 6) is 0.581. The van der Waals surface area contributed by atoms with E-state index in [1.54, 1.807) is 0 Å². The summed E-state index contributed by atoms with van der Waals surface area (Å²) in [6.07, 6.45) is 5.34. The third-order valence-corrected chi connectivity index (χ3v) is 3.93. The zero-order valence-electron chi connectivity index (χ0n) is 10.7. The van der Waals surface area contributed by atoms with Crippen LogP contribution in [-0.4, -0.2) is 47.3 Å². The van der Waals surface area contributed by atoms with Gasteiger partial charge in [-0.15, -0.1) is 0 Å². The van der Waals surface area contributed by atoms with Gasteiger partial charge in [0.25, 0.3) is 0 Å².